The minimum atomic E-state index is -3.97. The summed E-state index contributed by atoms with van der Waals surface area (Å²) in [5.74, 6) is -0.428. The van der Waals surface area contributed by atoms with E-state index in [2.05, 4.69) is 5.32 Å². The molecule has 8 heteroatoms. The van der Waals surface area contributed by atoms with Crippen molar-refractivity contribution >= 4 is 39.1 Å². The molecule has 0 aliphatic heterocycles. The van der Waals surface area contributed by atoms with E-state index in [0.717, 1.165) is 15.4 Å². The lowest BCUT2D eigenvalue weighted by molar-refractivity contribution is -0.121. The molecule has 0 aromatic heterocycles. The highest BCUT2D eigenvalue weighted by Crippen LogP contribution is 2.28. The predicted octanol–water partition coefficient (Wildman–Crippen LogP) is 4.81. The lowest BCUT2D eigenvalue weighted by Gasteiger charge is -2.23. The number of benzene rings is 3. The monoisotopic (exact) mass is 476 g/mol. The van der Waals surface area contributed by atoms with Crippen molar-refractivity contribution in [3.05, 3.63) is 99.5 Å². The molecule has 162 valence electrons. The van der Waals surface area contributed by atoms with E-state index >= 15 is 0 Å². The van der Waals surface area contributed by atoms with Crippen molar-refractivity contribution in [2.24, 2.45) is 0 Å². The maximum atomic E-state index is 13.3. The summed E-state index contributed by atoms with van der Waals surface area (Å²) in [6.07, 6.45) is 0. The molecular weight excluding hydrogens is 455 g/mol. The number of carbonyl (C=O) groups excluding carboxylic acids is 1. The normalized spacial score (nSPS) is 11.5. The Bertz CT molecular complexity index is 1130. The molecule has 0 heterocycles. The average molecular weight is 477 g/mol. The number of sulfonamides is 1. The Labute approximate surface area is 192 Å². The molecule has 31 heavy (non-hydrogen) atoms. The van der Waals surface area contributed by atoms with Crippen LogP contribution in [0.2, 0.25) is 10.0 Å². The van der Waals surface area contributed by atoms with Gasteiger partial charge in [0.15, 0.2) is 0 Å². The predicted molar refractivity (Wildman–Crippen MR) is 124 cm³/mol. The average Bonchev–Trinajstić information content (AvgIpc) is 2.75. The summed E-state index contributed by atoms with van der Waals surface area (Å²) in [6.45, 7) is 1.66. The standard InChI is InChI=1S/C23H22Cl2N2O3S/c1-17-10-12-19(13-11-17)31(29,30)27(15-20-21(24)8-5-9-22(20)25)16-23(28)26-14-18-6-3-2-4-7-18/h2-13H,14-16H2,1H3,(H,26,28). The maximum absolute atomic E-state index is 13.3. The van der Waals surface area contributed by atoms with Gasteiger partial charge in [-0.2, -0.15) is 4.31 Å². The van der Waals surface area contributed by atoms with E-state index < -0.39 is 15.9 Å². The first-order valence-corrected chi connectivity index (χ1v) is 11.8. The molecule has 0 unspecified atom stereocenters. The number of carbonyl (C=O) groups is 1. The minimum absolute atomic E-state index is 0.0946. The number of rotatable bonds is 8. The smallest absolute Gasteiger partial charge is 0.243 e. The van der Waals surface area contributed by atoms with Gasteiger partial charge in [0.25, 0.3) is 0 Å². The van der Waals surface area contributed by atoms with Gasteiger partial charge >= 0.3 is 0 Å². The summed E-state index contributed by atoms with van der Waals surface area (Å²) in [6, 6.07) is 20.8. The summed E-state index contributed by atoms with van der Waals surface area (Å²) in [4.78, 5) is 12.7. The molecule has 0 fully saturated rings. The zero-order chi connectivity index (χ0) is 22.4. The van der Waals surface area contributed by atoms with E-state index in [1.54, 1.807) is 30.3 Å². The molecule has 5 nitrogen and oxygen atoms in total. The van der Waals surface area contributed by atoms with E-state index in [4.69, 9.17) is 23.2 Å². The van der Waals surface area contributed by atoms with Crippen molar-refractivity contribution in [2.45, 2.75) is 24.9 Å². The molecule has 0 saturated carbocycles. The number of nitrogens with zero attached hydrogens (tertiary/aromatic N) is 1. The fraction of sp³-hybridized carbons (Fsp3) is 0.174. The van der Waals surface area contributed by atoms with Crippen LogP contribution in [0, 0.1) is 6.92 Å². The van der Waals surface area contributed by atoms with Gasteiger partial charge in [-0.15, -0.1) is 0 Å². The second-order valence-electron chi connectivity index (χ2n) is 7.05. The van der Waals surface area contributed by atoms with Crippen LogP contribution in [0.5, 0.6) is 0 Å². The summed E-state index contributed by atoms with van der Waals surface area (Å²) in [5, 5.41) is 3.44. The summed E-state index contributed by atoms with van der Waals surface area (Å²) < 4.78 is 27.8. The first-order chi connectivity index (χ1) is 14.8. The van der Waals surface area contributed by atoms with Crippen LogP contribution in [-0.4, -0.2) is 25.2 Å². The number of amides is 1. The Balaban J connectivity index is 1.86. The van der Waals surface area contributed by atoms with Crippen LogP contribution in [0.1, 0.15) is 16.7 Å². The largest absolute Gasteiger partial charge is 0.351 e. The Morgan fingerprint density at radius 3 is 2.13 bits per heavy atom. The van der Waals surface area contributed by atoms with Crippen molar-refractivity contribution < 1.29 is 13.2 Å². The Kier molecular flexibility index (Phi) is 7.73. The quantitative estimate of drug-likeness (QED) is 0.507. The second-order valence-corrected chi connectivity index (χ2v) is 9.80. The molecule has 3 aromatic carbocycles. The van der Waals surface area contributed by atoms with Gasteiger partial charge in [0, 0.05) is 28.7 Å². The molecule has 1 N–H and O–H groups in total. The van der Waals surface area contributed by atoms with E-state index in [-0.39, 0.29) is 18.0 Å². The van der Waals surface area contributed by atoms with Crippen LogP contribution in [0.15, 0.2) is 77.7 Å². The van der Waals surface area contributed by atoms with Crippen LogP contribution < -0.4 is 5.32 Å². The molecule has 0 atom stereocenters. The minimum Gasteiger partial charge on any atom is -0.351 e. The highest BCUT2D eigenvalue weighted by atomic mass is 35.5. The Morgan fingerprint density at radius 1 is 0.903 bits per heavy atom. The number of aryl methyl sites for hydroxylation is 1. The third-order valence-corrected chi connectivity index (χ3v) is 7.22. The molecule has 0 radical (unpaired) electrons. The highest BCUT2D eigenvalue weighted by molar-refractivity contribution is 7.89. The summed E-state index contributed by atoms with van der Waals surface area (Å²) >= 11 is 12.5. The van der Waals surface area contributed by atoms with Crippen LogP contribution in [0.25, 0.3) is 0 Å². The second kappa shape index (κ2) is 10.3. The van der Waals surface area contributed by atoms with Gasteiger partial charge in [-0.3, -0.25) is 4.79 Å². The first-order valence-electron chi connectivity index (χ1n) is 9.57. The van der Waals surface area contributed by atoms with Crippen molar-refractivity contribution in [3.8, 4) is 0 Å². The van der Waals surface area contributed by atoms with E-state index in [1.807, 2.05) is 37.3 Å². The van der Waals surface area contributed by atoms with Gasteiger partial charge in [-0.05, 0) is 36.8 Å². The molecule has 0 saturated heterocycles. The molecule has 0 aliphatic rings. The van der Waals surface area contributed by atoms with Crippen molar-refractivity contribution in [1.82, 2.24) is 9.62 Å². The van der Waals surface area contributed by atoms with E-state index in [0.29, 0.717) is 22.2 Å². The lowest BCUT2D eigenvalue weighted by Crippen LogP contribution is -2.40. The van der Waals surface area contributed by atoms with Crippen molar-refractivity contribution in [3.63, 3.8) is 0 Å². The third kappa shape index (κ3) is 6.08. The van der Waals surface area contributed by atoms with E-state index in [1.165, 1.54) is 12.1 Å². The number of nitrogens with one attached hydrogen (secondary N) is 1. The molecule has 3 rings (SSSR count). The van der Waals surface area contributed by atoms with Crippen molar-refractivity contribution in [2.75, 3.05) is 6.54 Å². The topological polar surface area (TPSA) is 66.5 Å². The first kappa shape index (κ1) is 23.3. The van der Waals surface area contributed by atoms with Crippen LogP contribution in [0.4, 0.5) is 0 Å². The molecule has 1 amide bonds. The van der Waals surface area contributed by atoms with Gasteiger partial charge in [0.05, 0.1) is 11.4 Å². The van der Waals surface area contributed by atoms with Gasteiger partial charge < -0.3 is 5.32 Å². The number of hydrogen-bond acceptors (Lipinski definition) is 3. The third-order valence-electron chi connectivity index (χ3n) is 4.71. The zero-order valence-electron chi connectivity index (χ0n) is 16.9. The summed E-state index contributed by atoms with van der Waals surface area (Å²) in [7, 11) is -3.97. The van der Waals surface area contributed by atoms with Gasteiger partial charge in [-0.25, -0.2) is 8.42 Å². The summed E-state index contributed by atoms with van der Waals surface area (Å²) in [5.41, 5.74) is 2.29. The molecule has 0 bridgehead atoms. The SMILES string of the molecule is Cc1ccc(S(=O)(=O)N(CC(=O)NCc2ccccc2)Cc2c(Cl)cccc2Cl)cc1. The molecular formula is C23H22Cl2N2O3S. The fourth-order valence-corrected chi connectivity index (χ4v) is 4.84. The zero-order valence-corrected chi connectivity index (χ0v) is 19.2. The van der Waals surface area contributed by atoms with Crippen LogP contribution >= 0.6 is 23.2 Å². The van der Waals surface area contributed by atoms with E-state index in [9.17, 15) is 13.2 Å². The van der Waals surface area contributed by atoms with Crippen molar-refractivity contribution in [1.29, 1.82) is 0 Å². The maximum Gasteiger partial charge on any atom is 0.243 e. The Hall–Kier alpha value is -2.38. The van der Waals surface area contributed by atoms with Gasteiger partial charge in [0.1, 0.15) is 0 Å². The lowest BCUT2D eigenvalue weighted by atomic mass is 10.2. The molecule has 0 spiro atoms. The van der Waals surface area contributed by atoms with Crippen LogP contribution in [-0.2, 0) is 27.9 Å². The van der Waals surface area contributed by atoms with Crippen LogP contribution in [0.3, 0.4) is 0 Å². The van der Waals surface area contributed by atoms with Gasteiger partial charge in [-0.1, -0.05) is 77.3 Å². The molecule has 0 aliphatic carbocycles. The number of hydrogen-bond donors (Lipinski definition) is 1. The molecule has 3 aromatic rings. The highest BCUT2D eigenvalue weighted by Gasteiger charge is 2.28. The van der Waals surface area contributed by atoms with Gasteiger partial charge in [0.2, 0.25) is 15.9 Å². The Morgan fingerprint density at radius 2 is 1.52 bits per heavy atom. The fourth-order valence-electron chi connectivity index (χ4n) is 2.96. The number of halogens is 2.